The van der Waals surface area contributed by atoms with Gasteiger partial charge in [-0.05, 0) is 111 Å². The number of anilines is 2. The van der Waals surface area contributed by atoms with Crippen LogP contribution in [0, 0.1) is 0 Å². The summed E-state index contributed by atoms with van der Waals surface area (Å²) in [7, 11) is -3.77. The molecule has 0 aromatic heterocycles. The topological polar surface area (TPSA) is 111 Å². The molecule has 0 aliphatic rings. The van der Waals surface area contributed by atoms with Gasteiger partial charge in [-0.15, -0.1) is 0 Å². The normalized spacial score (nSPS) is 10.8. The van der Waals surface area contributed by atoms with Gasteiger partial charge in [-0.3, -0.25) is 9.59 Å². The van der Waals surface area contributed by atoms with Gasteiger partial charge < -0.3 is 20.1 Å². The Morgan fingerprint density at radius 1 is 0.537 bits per heavy atom. The lowest BCUT2D eigenvalue weighted by Gasteiger charge is -2.10. The van der Waals surface area contributed by atoms with Crippen molar-refractivity contribution in [2.24, 2.45) is 0 Å². The van der Waals surface area contributed by atoms with Crippen molar-refractivity contribution in [2.45, 2.75) is 23.6 Å². The molecule has 41 heavy (non-hydrogen) atoms. The van der Waals surface area contributed by atoms with Gasteiger partial charge in [0.05, 0.1) is 9.79 Å². The molecule has 0 aliphatic heterocycles. The molecule has 4 rings (SSSR count). The molecule has 0 saturated heterocycles. The Morgan fingerprint density at radius 3 is 1.07 bits per heavy atom. The molecule has 8 nitrogen and oxygen atoms in total. The summed E-state index contributed by atoms with van der Waals surface area (Å²) in [5.41, 5.74) is 2.01. The molecular weight excluding hydrogens is 540 g/mol. The molecule has 208 valence electrons. The van der Waals surface area contributed by atoms with Crippen LogP contribution in [0.15, 0.2) is 131 Å². The van der Waals surface area contributed by atoms with Gasteiger partial charge in [-0.1, -0.05) is 13.2 Å². The smallest absolute Gasteiger partial charge is 0.250 e. The number of amides is 2. The number of hydrogen-bond donors (Lipinski definition) is 2. The Bertz CT molecular complexity index is 1570. The molecular formula is C32H28N2O6S. The Labute approximate surface area is 238 Å². The van der Waals surface area contributed by atoms with Crippen molar-refractivity contribution >= 4 is 33.0 Å². The average Bonchev–Trinajstić information content (AvgIpc) is 2.95. The lowest BCUT2D eigenvalue weighted by molar-refractivity contribution is -0.113. The fraction of sp³-hybridized carbons (Fsp3) is 0.0625. The van der Waals surface area contributed by atoms with Crippen LogP contribution >= 0.6 is 0 Å². The van der Waals surface area contributed by atoms with E-state index in [1.165, 1.54) is 24.3 Å². The van der Waals surface area contributed by atoms with Crippen LogP contribution in [-0.2, 0) is 19.4 Å². The first kappa shape index (κ1) is 28.8. The highest BCUT2D eigenvalue weighted by atomic mass is 32.2. The van der Waals surface area contributed by atoms with Crippen LogP contribution in [0.25, 0.3) is 0 Å². The molecule has 0 spiro atoms. The largest absolute Gasteiger partial charge is 0.457 e. The zero-order valence-electron chi connectivity index (χ0n) is 22.5. The van der Waals surface area contributed by atoms with E-state index in [1.807, 2.05) is 0 Å². The number of ether oxygens (including phenoxy) is 2. The van der Waals surface area contributed by atoms with Crippen LogP contribution in [0.1, 0.15) is 13.8 Å². The summed E-state index contributed by atoms with van der Waals surface area (Å²) < 4.78 is 37.9. The van der Waals surface area contributed by atoms with Gasteiger partial charge in [0.1, 0.15) is 23.0 Å². The van der Waals surface area contributed by atoms with E-state index < -0.39 is 9.84 Å². The highest BCUT2D eigenvalue weighted by Gasteiger charge is 2.18. The van der Waals surface area contributed by atoms with Crippen molar-refractivity contribution in [1.82, 2.24) is 0 Å². The van der Waals surface area contributed by atoms with E-state index in [0.717, 1.165) is 0 Å². The average molecular weight is 569 g/mol. The number of sulfone groups is 1. The van der Waals surface area contributed by atoms with Crippen molar-refractivity contribution in [3.05, 3.63) is 121 Å². The number of carbonyl (C=O) groups is 2. The minimum Gasteiger partial charge on any atom is -0.457 e. The van der Waals surface area contributed by atoms with Crippen molar-refractivity contribution in [2.75, 3.05) is 10.6 Å². The van der Waals surface area contributed by atoms with Gasteiger partial charge in [0.2, 0.25) is 9.84 Å². The van der Waals surface area contributed by atoms with Crippen molar-refractivity contribution < 1.29 is 27.5 Å². The number of nitrogens with one attached hydrogen (secondary N) is 2. The zero-order valence-corrected chi connectivity index (χ0v) is 23.3. The molecule has 0 unspecified atom stereocenters. The Kier molecular flexibility index (Phi) is 8.69. The van der Waals surface area contributed by atoms with Crippen LogP contribution in [-0.4, -0.2) is 20.2 Å². The molecule has 0 atom stereocenters. The summed E-state index contributed by atoms with van der Waals surface area (Å²) in [6.07, 6.45) is 0. The van der Waals surface area contributed by atoms with Gasteiger partial charge in [0.15, 0.2) is 0 Å². The third-order valence-corrected chi connectivity index (χ3v) is 7.52. The molecule has 4 aromatic rings. The van der Waals surface area contributed by atoms with Crippen molar-refractivity contribution in [3.8, 4) is 23.0 Å². The lowest BCUT2D eigenvalue weighted by Crippen LogP contribution is -2.11. The Morgan fingerprint density at radius 2 is 0.805 bits per heavy atom. The fourth-order valence-corrected chi connectivity index (χ4v) is 4.73. The van der Waals surface area contributed by atoms with E-state index in [4.69, 9.17) is 9.47 Å². The molecule has 0 saturated carbocycles. The maximum Gasteiger partial charge on any atom is 0.250 e. The minimum atomic E-state index is -3.77. The maximum absolute atomic E-state index is 13.2. The molecule has 0 bridgehead atoms. The van der Waals surface area contributed by atoms with E-state index in [1.54, 1.807) is 86.6 Å². The summed E-state index contributed by atoms with van der Waals surface area (Å²) in [6, 6.07) is 25.8. The van der Waals surface area contributed by atoms with Crippen LogP contribution in [0.5, 0.6) is 23.0 Å². The third kappa shape index (κ3) is 7.49. The number of carbonyl (C=O) groups excluding carboxylic acids is 2. The number of benzene rings is 4. The molecule has 0 aliphatic carbocycles. The summed E-state index contributed by atoms with van der Waals surface area (Å²) in [5, 5.41) is 5.43. The number of rotatable bonds is 10. The van der Waals surface area contributed by atoms with Crippen molar-refractivity contribution in [1.29, 1.82) is 0 Å². The third-order valence-electron chi connectivity index (χ3n) is 5.74. The first-order valence-electron chi connectivity index (χ1n) is 12.5. The van der Waals surface area contributed by atoms with Crippen molar-refractivity contribution in [3.63, 3.8) is 0 Å². The summed E-state index contributed by atoms with van der Waals surface area (Å²) in [5.74, 6) is 1.42. The van der Waals surface area contributed by atoms with Gasteiger partial charge in [0, 0.05) is 22.5 Å². The van der Waals surface area contributed by atoms with Gasteiger partial charge in [-0.25, -0.2) is 8.42 Å². The molecule has 0 fully saturated rings. The monoisotopic (exact) mass is 568 g/mol. The first-order chi connectivity index (χ1) is 19.5. The van der Waals surface area contributed by atoms with E-state index >= 15 is 0 Å². The van der Waals surface area contributed by atoms with Gasteiger partial charge in [-0.2, -0.15) is 0 Å². The number of hydrogen-bond acceptors (Lipinski definition) is 6. The molecule has 0 radical (unpaired) electrons. The lowest BCUT2D eigenvalue weighted by atomic mass is 10.2. The zero-order chi connectivity index (χ0) is 29.6. The second-order valence-electron chi connectivity index (χ2n) is 9.17. The molecule has 2 N–H and O–H groups in total. The molecule has 9 heteroatoms. The quantitative estimate of drug-likeness (QED) is 0.197. The highest BCUT2D eigenvalue weighted by Crippen LogP contribution is 2.29. The molecule has 0 heterocycles. The van der Waals surface area contributed by atoms with E-state index in [2.05, 4.69) is 23.8 Å². The maximum atomic E-state index is 13.2. The fourth-order valence-electron chi connectivity index (χ4n) is 3.47. The summed E-state index contributed by atoms with van der Waals surface area (Å²) in [6.45, 7) is 10.5. The van der Waals surface area contributed by atoms with E-state index in [0.29, 0.717) is 45.5 Å². The Balaban J connectivity index is 1.37. The second-order valence-corrected chi connectivity index (χ2v) is 11.1. The van der Waals surface area contributed by atoms with E-state index in [-0.39, 0.29) is 21.6 Å². The summed E-state index contributed by atoms with van der Waals surface area (Å²) in [4.78, 5) is 23.7. The first-order valence-corrected chi connectivity index (χ1v) is 13.9. The molecule has 2 amide bonds. The van der Waals surface area contributed by atoms with Gasteiger partial charge in [0.25, 0.3) is 11.8 Å². The highest BCUT2D eigenvalue weighted by molar-refractivity contribution is 7.91. The van der Waals surface area contributed by atoms with E-state index in [9.17, 15) is 18.0 Å². The predicted molar refractivity (Wildman–Crippen MR) is 158 cm³/mol. The van der Waals surface area contributed by atoms with Crippen LogP contribution < -0.4 is 20.1 Å². The molecule has 4 aromatic carbocycles. The summed E-state index contributed by atoms with van der Waals surface area (Å²) >= 11 is 0. The van der Waals surface area contributed by atoms with Crippen LogP contribution in [0.3, 0.4) is 0 Å². The predicted octanol–water partition coefficient (Wildman–Crippen LogP) is 7.13. The second kappa shape index (κ2) is 12.4. The minimum absolute atomic E-state index is 0.115. The standard InChI is InChI=1S/C32H28N2O6S/c1-21(2)31(35)33-23-5-9-25(10-6-23)39-27-13-17-29(18-14-27)41(37,38)30-19-15-28(16-20-30)40-26-11-7-24(8-12-26)34-32(36)22(3)4/h5-20H,1,3H2,2,4H3,(H,33,35)(H,34,36). The SMILES string of the molecule is C=C(C)C(=O)Nc1ccc(Oc2ccc(S(=O)(=O)c3ccc(Oc4ccc(NC(=O)C(=C)C)cc4)cc3)cc2)cc1. The Hall–Kier alpha value is -5.15. The van der Waals surface area contributed by atoms with Gasteiger partial charge >= 0.3 is 0 Å². The van der Waals surface area contributed by atoms with Crippen LogP contribution in [0.4, 0.5) is 11.4 Å². The van der Waals surface area contributed by atoms with Crippen LogP contribution in [0.2, 0.25) is 0 Å².